The Kier molecular flexibility index (Phi) is 8.89. The van der Waals surface area contributed by atoms with Gasteiger partial charge in [-0.15, -0.1) is 0 Å². The minimum absolute atomic E-state index is 0.467. The fourth-order valence-corrected chi connectivity index (χ4v) is 3.55. The molecule has 0 bridgehead atoms. The van der Waals surface area contributed by atoms with E-state index in [1.54, 1.807) is 0 Å². The molecule has 0 saturated heterocycles. The summed E-state index contributed by atoms with van der Waals surface area (Å²) in [6.07, 6.45) is 5.29. The SMILES string of the molecule is CC(C)c1cccc(C(C)C)c1-n1ccnc1-c1ccccc1.CCC(C)C(C)C. The molecule has 0 aliphatic heterocycles. The van der Waals surface area contributed by atoms with E-state index >= 15 is 0 Å². The van der Waals surface area contributed by atoms with Crippen molar-refractivity contribution in [2.45, 2.75) is 73.6 Å². The molecule has 0 aliphatic carbocycles. The van der Waals surface area contributed by atoms with E-state index in [1.165, 1.54) is 23.2 Å². The molecule has 0 aliphatic rings. The third-order valence-corrected chi connectivity index (χ3v) is 6.04. The van der Waals surface area contributed by atoms with Crippen LogP contribution in [0.4, 0.5) is 0 Å². The van der Waals surface area contributed by atoms with Crippen LogP contribution in [0.5, 0.6) is 0 Å². The summed E-state index contributed by atoms with van der Waals surface area (Å²) >= 11 is 0. The van der Waals surface area contributed by atoms with E-state index in [0.29, 0.717) is 11.8 Å². The second-order valence-electron chi connectivity index (χ2n) is 9.21. The van der Waals surface area contributed by atoms with E-state index in [1.807, 2.05) is 12.3 Å². The van der Waals surface area contributed by atoms with Crippen LogP contribution < -0.4 is 0 Å². The van der Waals surface area contributed by atoms with Gasteiger partial charge in [0.05, 0.1) is 5.69 Å². The van der Waals surface area contributed by atoms with Crippen LogP contribution >= 0.6 is 0 Å². The Hall–Kier alpha value is -2.35. The highest BCUT2D eigenvalue weighted by atomic mass is 15.1. The maximum absolute atomic E-state index is 4.63. The van der Waals surface area contributed by atoms with Gasteiger partial charge in [0.25, 0.3) is 0 Å². The fraction of sp³-hybridized carbons (Fsp3) is 0.464. The lowest BCUT2D eigenvalue weighted by molar-refractivity contribution is 0.407. The topological polar surface area (TPSA) is 17.8 Å². The van der Waals surface area contributed by atoms with E-state index < -0.39 is 0 Å². The number of nitrogens with zero attached hydrogens (tertiary/aromatic N) is 2. The first-order valence-corrected chi connectivity index (χ1v) is 11.5. The largest absolute Gasteiger partial charge is 0.299 e. The van der Waals surface area contributed by atoms with Gasteiger partial charge in [0.1, 0.15) is 5.82 Å². The highest BCUT2D eigenvalue weighted by Gasteiger charge is 2.18. The molecule has 0 N–H and O–H groups in total. The summed E-state index contributed by atoms with van der Waals surface area (Å²) < 4.78 is 2.25. The minimum atomic E-state index is 0.467. The Bertz CT molecular complexity index is 862. The molecule has 1 heterocycles. The maximum atomic E-state index is 4.63. The van der Waals surface area contributed by atoms with Gasteiger partial charge in [-0.3, -0.25) is 4.57 Å². The van der Waals surface area contributed by atoms with Gasteiger partial charge in [-0.1, -0.05) is 110 Å². The molecule has 1 aromatic heterocycles. The van der Waals surface area contributed by atoms with Crippen LogP contribution in [0.2, 0.25) is 0 Å². The zero-order chi connectivity index (χ0) is 22.3. The van der Waals surface area contributed by atoms with Crippen LogP contribution in [0.1, 0.15) is 84.8 Å². The third kappa shape index (κ3) is 5.84. The Labute approximate surface area is 184 Å². The number of hydrogen-bond donors (Lipinski definition) is 0. The standard InChI is InChI=1S/C21H24N2.C7H16/c1-15(2)18-11-8-12-19(16(3)4)20(18)23-14-13-22-21(23)17-9-6-5-7-10-17;1-5-7(4)6(2)3/h5-16H,1-4H3;6-7H,5H2,1-4H3. The monoisotopic (exact) mass is 404 g/mol. The van der Waals surface area contributed by atoms with E-state index in [-0.39, 0.29) is 0 Å². The second kappa shape index (κ2) is 11.2. The molecular formula is C28H40N2. The van der Waals surface area contributed by atoms with Crippen LogP contribution in [0.15, 0.2) is 60.9 Å². The maximum Gasteiger partial charge on any atom is 0.144 e. The van der Waals surface area contributed by atoms with Crippen LogP contribution in [-0.4, -0.2) is 9.55 Å². The van der Waals surface area contributed by atoms with Crippen LogP contribution in [-0.2, 0) is 0 Å². The second-order valence-corrected chi connectivity index (χ2v) is 9.21. The Morgan fingerprint density at radius 3 is 1.77 bits per heavy atom. The molecule has 30 heavy (non-hydrogen) atoms. The van der Waals surface area contributed by atoms with Gasteiger partial charge in [0.15, 0.2) is 0 Å². The lowest BCUT2D eigenvalue weighted by atomic mass is 9.92. The summed E-state index contributed by atoms with van der Waals surface area (Å²) in [6, 6.07) is 17.0. The first-order chi connectivity index (χ1) is 14.3. The minimum Gasteiger partial charge on any atom is -0.299 e. The number of rotatable bonds is 6. The summed E-state index contributed by atoms with van der Waals surface area (Å²) in [5, 5.41) is 0. The predicted octanol–water partition coefficient (Wildman–Crippen LogP) is 8.47. The van der Waals surface area contributed by atoms with Crippen molar-refractivity contribution in [3.05, 3.63) is 72.1 Å². The molecule has 2 nitrogen and oxygen atoms in total. The Morgan fingerprint density at radius 1 is 0.767 bits per heavy atom. The zero-order valence-electron chi connectivity index (χ0n) is 20.2. The van der Waals surface area contributed by atoms with Gasteiger partial charge in [0.2, 0.25) is 0 Å². The van der Waals surface area contributed by atoms with Crippen molar-refractivity contribution < 1.29 is 0 Å². The number of aromatic nitrogens is 2. The molecule has 3 aromatic rings. The average molecular weight is 405 g/mol. The van der Waals surface area contributed by atoms with Gasteiger partial charge in [0, 0.05) is 18.0 Å². The molecule has 2 aromatic carbocycles. The summed E-state index contributed by atoms with van der Waals surface area (Å²) in [5.41, 5.74) is 5.16. The third-order valence-electron chi connectivity index (χ3n) is 6.04. The van der Waals surface area contributed by atoms with Crippen LogP contribution in [0.25, 0.3) is 17.1 Å². The molecule has 0 radical (unpaired) electrons. The highest BCUT2D eigenvalue weighted by Crippen LogP contribution is 2.33. The smallest absolute Gasteiger partial charge is 0.144 e. The molecule has 0 spiro atoms. The Balaban J connectivity index is 0.000000396. The van der Waals surface area contributed by atoms with Crippen molar-refractivity contribution in [1.82, 2.24) is 9.55 Å². The van der Waals surface area contributed by atoms with Crippen molar-refractivity contribution in [3.8, 4) is 17.1 Å². The molecular weight excluding hydrogens is 364 g/mol. The van der Waals surface area contributed by atoms with Crippen molar-refractivity contribution >= 4 is 0 Å². The van der Waals surface area contributed by atoms with Gasteiger partial charge in [-0.05, 0) is 34.8 Å². The van der Waals surface area contributed by atoms with E-state index in [2.05, 4.69) is 114 Å². The molecule has 0 saturated carbocycles. The first kappa shape index (κ1) is 23.9. The molecule has 0 fully saturated rings. The van der Waals surface area contributed by atoms with E-state index in [0.717, 1.165) is 23.2 Å². The van der Waals surface area contributed by atoms with Gasteiger partial charge < -0.3 is 0 Å². The lowest BCUT2D eigenvalue weighted by Crippen LogP contribution is -2.07. The summed E-state index contributed by atoms with van der Waals surface area (Å²) in [5.74, 6) is 3.70. The van der Waals surface area contributed by atoms with Gasteiger partial charge >= 0.3 is 0 Å². The van der Waals surface area contributed by atoms with Crippen molar-refractivity contribution in [2.24, 2.45) is 11.8 Å². The molecule has 1 unspecified atom stereocenters. The Morgan fingerprint density at radius 2 is 1.33 bits per heavy atom. The molecule has 1 atom stereocenters. The number of para-hydroxylation sites is 1. The fourth-order valence-electron chi connectivity index (χ4n) is 3.55. The highest BCUT2D eigenvalue weighted by molar-refractivity contribution is 5.62. The quantitative estimate of drug-likeness (QED) is 0.403. The average Bonchev–Trinajstić information content (AvgIpc) is 3.23. The first-order valence-electron chi connectivity index (χ1n) is 11.5. The molecule has 162 valence electrons. The van der Waals surface area contributed by atoms with Crippen molar-refractivity contribution in [3.63, 3.8) is 0 Å². The van der Waals surface area contributed by atoms with Crippen molar-refractivity contribution in [1.29, 1.82) is 0 Å². The molecule has 2 heteroatoms. The number of imidazole rings is 1. The number of hydrogen-bond acceptors (Lipinski definition) is 1. The van der Waals surface area contributed by atoms with Crippen LogP contribution in [0.3, 0.4) is 0 Å². The summed E-state index contributed by atoms with van der Waals surface area (Å²) in [6.45, 7) is 18.1. The number of benzene rings is 2. The molecule has 0 amide bonds. The predicted molar refractivity (Wildman–Crippen MR) is 131 cm³/mol. The summed E-state index contributed by atoms with van der Waals surface area (Å²) in [4.78, 5) is 4.63. The normalized spacial score (nSPS) is 12.2. The van der Waals surface area contributed by atoms with Crippen molar-refractivity contribution in [2.75, 3.05) is 0 Å². The van der Waals surface area contributed by atoms with E-state index in [9.17, 15) is 0 Å². The summed E-state index contributed by atoms with van der Waals surface area (Å²) in [7, 11) is 0. The van der Waals surface area contributed by atoms with E-state index in [4.69, 9.17) is 0 Å². The van der Waals surface area contributed by atoms with Gasteiger partial charge in [-0.25, -0.2) is 4.98 Å². The lowest BCUT2D eigenvalue weighted by Gasteiger charge is -2.21. The zero-order valence-corrected chi connectivity index (χ0v) is 20.2. The van der Waals surface area contributed by atoms with Crippen LogP contribution in [0, 0.1) is 11.8 Å². The molecule has 3 rings (SSSR count). The van der Waals surface area contributed by atoms with Gasteiger partial charge in [-0.2, -0.15) is 0 Å².